The zero-order chi connectivity index (χ0) is 78.6. The first kappa shape index (κ1) is 80.3. The van der Waals surface area contributed by atoms with Gasteiger partial charge >= 0.3 is 0 Å². The molecule has 0 radical (unpaired) electrons. The van der Waals surface area contributed by atoms with Gasteiger partial charge in [-0.05, 0) is 302 Å². The molecule has 554 valence electrons. The van der Waals surface area contributed by atoms with Gasteiger partial charge in [0, 0.05) is 67.6 Å². The Morgan fingerprint density at radius 3 is 1.22 bits per heavy atom. The molecule has 15 rings (SSSR count). The lowest BCUT2D eigenvalue weighted by Crippen LogP contribution is -2.05. The lowest BCUT2D eigenvalue weighted by molar-refractivity contribution is 0.103. The molecule has 0 saturated carbocycles. The molecule has 0 fully saturated rings. The number of carbonyl (C=O) groups is 5. The highest BCUT2D eigenvalue weighted by Gasteiger charge is 2.32. The number of hydrogen-bond donors (Lipinski definition) is 7. The summed E-state index contributed by atoms with van der Waals surface area (Å²) < 4.78 is 14.6. The zero-order valence-electron chi connectivity index (χ0n) is 60.0. The Hall–Kier alpha value is -9.67. The first-order valence-corrected chi connectivity index (χ1v) is 39.5. The van der Waals surface area contributed by atoms with E-state index in [1.54, 1.807) is 97.1 Å². The van der Waals surface area contributed by atoms with E-state index in [0.29, 0.717) is 100 Å². The summed E-state index contributed by atoms with van der Waals surface area (Å²) in [5.74, 6) is 1.91. The van der Waals surface area contributed by atoms with Crippen LogP contribution in [0.2, 0.25) is 0 Å². The molecule has 0 aliphatic heterocycles. The standard InChI is InChI=1S/3C18H14Br2O3.C18H16O3.C17H14O2/c1-9(2)18-15(11-5-3-4-6-14(11)23-18)16(21)10-7-12(19)17(22)13(20)8-10;1-3-14-16(11-5-4-9(2)6-15(11)23-14)17(21)10-7-12(19)18(22)13(20)8-10;1-2-9-5-10-3-4-12(21)8-13(10)16(9)17(22)11-6-14(19)18(23)15(20)7-11;1-2-11-9-13-5-8-15(20)10-16(13)17(11)18(21)12-3-6-14(19)7-4-12;1-11-10-13-4-2-3-5-15(13)16(11)17(19)12-6-8-14(18)9-7-12/h3-9,22H,1-2H3;4-8,22H,3H2,1-2H3;3-4,6-8,21,23H,2,5H2,1H3;3-8,10,19-20H,2,9H2,1H3;2-9,18H,10H2,1H3. The molecule has 20 heteroatoms. The number of allylic oxidation sites excluding steroid dienone is 6. The molecule has 12 aromatic rings. The molecule has 3 aliphatic carbocycles. The van der Waals surface area contributed by atoms with E-state index in [9.17, 15) is 59.7 Å². The number of rotatable bonds is 14. The molecule has 0 saturated heterocycles. The first-order chi connectivity index (χ1) is 52.0. The quantitative estimate of drug-likeness (QED) is 0.0500. The number of Topliss-reactive ketones (excluding diaryl/α,β-unsaturated/α-hetero) is 3. The van der Waals surface area contributed by atoms with E-state index in [-0.39, 0.29) is 75.1 Å². The Kier molecular flexibility index (Phi) is 25.4. The number of hydrogen-bond acceptors (Lipinski definition) is 14. The predicted octanol–water partition coefficient (Wildman–Crippen LogP) is 24.3. The Morgan fingerprint density at radius 2 is 0.761 bits per heavy atom. The van der Waals surface area contributed by atoms with Crippen molar-refractivity contribution in [3.63, 3.8) is 0 Å². The highest BCUT2D eigenvalue weighted by Crippen LogP contribution is 2.44. The van der Waals surface area contributed by atoms with Crippen LogP contribution in [0.5, 0.6) is 40.2 Å². The number of fused-ring (bicyclic) bond motifs is 5. The summed E-state index contributed by atoms with van der Waals surface area (Å²) >= 11 is 19.6. The Balaban J connectivity index is 0.000000136. The van der Waals surface area contributed by atoms with Gasteiger partial charge in [0.05, 0.1) is 38.0 Å². The molecule has 7 N–H and O–H groups in total. The van der Waals surface area contributed by atoms with Crippen molar-refractivity contribution >= 4 is 163 Å². The van der Waals surface area contributed by atoms with Crippen LogP contribution in [0.15, 0.2) is 240 Å². The van der Waals surface area contributed by atoms with Gasteiger partial charge in [0.15, 0.2) is 28.9 Å². The van der Waals surface area contributed by atoms with Crippen molar-refractivity contribution < 1.29 is 68.6 Å². The van der Waals surface area contributed by atoms with E-state index in [0.717, 1.165) is 104 Å². The number of phenolic OH excluding ortho intramolecular Hbond substituents is 7. The smallest absolute Gasteiger partial charge is 0.197 e. The van der Waals surface area contributed by atoms with Crippen molar-refractivity contribution in [3.05, 3.63) is 321 Å². The second-order valence-corrected chi connectivity index (χ2v) is 31.7. The Bertz CT molecular complexity index is 5670. The van der Waals surface area contributed by atoms with Crippen LogP contribution in [-0.4, -0.2) is 64.7 Å². The molecule has 10 aromatic carbocycles. The van der Waals surface area contributed by atoms with Crippen LogP contribution < -0.4 is 0 Å². The van der Waals surface area contributed by atoms with Gasteiger partial charge in [-0.15, -0.1) is 0 Å². The maximum absolute atomic E-state index is 13.1. The highest BCUT2D eigenvalue weighted by atomic mass is 79.9. The molecule has 3 aliphatic rings. The second-order valence-electron chi connectivity index (χ2n) is 26.5. The van der Waals surface area contributed by atoms with E-state index in [1.807, 2.05) is 121 Å². The fraction of sp³-hybridized carbons (Fsp3) is 0.157. The second kappa shape index (κ2) is 34.5. The number of carbonyl (C=O) groups excluding carboxylic acids is 5. The fourth-order valence-electron chi connectivity index (χ4n) is 13.4. The van der Waals surface area contributed by atoms with E-state index in [1.165, 1.54) is 17.7 Å². The number of benzene rings is 10. The Morgan fingerprint density at radius 1 is 0.367 bits per heavy atom. The third-order valence-corrected chi connectivity index (χ3v) is 22.5. The highest BCUT2D eigenvalue weighted by molar-refractivity contribution is 9.12. The van der Waals surface area contributed by atoms with Gasteiger partial charge in [0.1, 0.15) is 62.9 Å². The summed E-state index contributed by atoms with van der Waals surface area (Å²) in [5.41, 5.74) is 17.7. The van der Waals surface area contributed by atoms with Gasteiger partial charge in [0.25, 0.3) is 0 Å². The van der Waals surface area contributed by atoms with Gasteiger partial charge in [-0.3, -0.25) is 24.0 Å². The summed E-state index contributed by atoms with van der Waals surface area (Å²) in [6.45, 7) is 14.0. The third-order valence-electron chi connectivity index (χ3n) is 18.9. The van der Waals surface area contributed by atoms with Gasteiger partial charge in [-0.25, -0.2) is 0 Å². The molecule has 2 heterocycles. The van der Waals surface area contributed by atoms with Crippen molar-refractivity contribution in [1.82, 2.24) is 0 Å². The predicted molar refractivity (Wildman–Crippen MR) is 448 cm³/mol. The number of aryl methyl sites for hydroxylation is 2. The molecule has 0 unspecified atom stereocenters. The van der Waals surface area contributed by atoms with Crippen LogP contribution in [0.1, 0.15) is 174 Å². The normalized spacial score (nSPS) is 12.5. The van der Waals surface area contributed by atoms with Gasteiger partial charge < -0.3 is 44.6 Å². The van der Waals surface area contributed by atoms with E-state index < -0.39 is 0 Å². The maximum atomic E-state index is 13.1. The summed E-state index contributed by atoms with van der Waals surface area (Å²) in [6.07, 6.45) is 4.54. The van der Waals surface area contributed by atoms with Crippen LogP contribution >= 0.6 is 95.6 Å². The summed E-state index contributed by atoms with van der Waals surface area (Å²) in [7, 11) is 0. The average molecular weight is 1840 g/mol. The van der Waals surface area contributed by atoms with E-state index in [2.05, 4.69) is 102 Å². The largest absolute Gasteiger partial charge is 0.508 e. The number of ketones is 5. The molecular formula is C89H72Br6O14. The minimum atomic E-state index is -0.125. The van der Waals surface area contributed by atoms with Crippen LogP contribution in [0.25, 0.3) is 38.7 Å². The monoisotopic (exact) mass is 1840 g/mol. The maximum Gasteiger partial charge on any atom is 0.197 e. The number of phenols is 7. The minimum Gasteiger partial charge on any atom is -0.508 e. The molecule has 109 heavy (non-hydrogen) atoms. The lowest BCUT2D eigenvalue weighted by Gasteiger charge is -2.10. The fourth-order valence-corrected chi connectivity index (χ4v) is 17.0. The number of aromatic hydroxyl groups is 7. The minimum absolute atomic E-state index is 0.0300. The van der Waals surface area contributed by atoms with Crippen LogP contribution in [0.4, 0.5) is 0 Å². The van der Waals surface area contributed by atoms with Crippen molar-refractivity contribution in [2.45, 2.75) is 92.9 Å². The van der Waals surface area contributed by atoms with Crippen molar-refractivity contribution in [3.8, 4) is 40.2 Å². The van der Waals surface area contributed by atoms with Crippen LogP contribution in [0.3, 0.4) is 0 Å². The van der Waals surface area contributed by atoms with Gasteiger partial charge in [-0.2, -0.15) is 0 Å². The number of para-hydroxylation sites is 1. The van der Waals surface area contributed by atoms with Crippen molar-refractivity contribution in [2.75, 3.05) is 0 Å². The first-order valence-electron chi connectivity index (χ1n) is 34.8. The zero-order valence-corrected chi connectivity index (χ0v) is 69.5. The van der Waals surface area contributed by atoms with Crippen molar-refractivity contribution in [2.24, 2.45) is 0 Å². The lowest BCUT2D eigenvalue weighted by atomic mass is 9.95. The van der Waals surface area contributed by atoms with E-state index in [4.69, 9.17) is 8.83 Å². The van der Waals surface area contributed by atoms with Gasteiger partial charge in [0.2, 0.25) is 0 Å². The summed E-state index contributed by atoms with van der Waals surface area (Å²) in [6, 6.07) is 54.1. The van der Waals surface area contributed by atoms with Crippen molar-refractivity contribution in [1.29, 1.82) is 0 Å². The third kappa shape index (κ3) is 17.3. The summed E-state index contributed by atoms with van der Waals surface area (Å²) in [4.78, 5) is 64.5. The molecule has 14 nitrogen and oxygen atoms in total. The van der Waals surface area contributed by atoms with E-state index >= 15 is 0 Å². The molecule has 0 spiro atoms. The molecule has 0 atom stereocenters. The number of halogens is 6. The number of furan rings is 2. The molecule has 0 bridgehead atoms. The van der Waals surface area contributed by atoms with Crippen LogP contribution in [0, 0.1) is 6.92 Å². The Labute approximate surface area is 680 Å². The van der Waals surface area contributed by atoms with Crippen LogP contribution in [-0.2, 0) is 25.7 Å². The molecule has 0 amide bonds. The summed E-state index contributed by atoms with van der Waals surface area (Å²) in [5, 5.41) is 69.2. The molecule has 2 aromatic heterocycles. The SMILES string of the molecule is CC(C)c1oc2ccccc2c1C(=O)c1cc(Br)c(O)c(Br)c1.CC1=C(C(=O)c2ccc(O)cc2)c2ccccc2C1.CCC1=C(C(=O)c2cc(Br)c(O)c(Br)c2)c2cc(O)ccc2C1.CCC1=C(C(=O)c2ccc(O)cc2)c2cc(O)ccc2C1.CCc1oc2cc(C)ccc2c1C(=O)c1cc(Br)c(O)c(Br)c1. The molecular weight excluding hydrogens is 1770 g/mol. The topological polar surface area (TPSA) is 253 Å². The average Bonchev–Trinajstić information content (AvgIpc) is 1.62. The van der Waals surface area contributed by atoms with Gasteiger partial charge in [-0.1, -0.05) is 118 Å².